The van der Waals surface area contributed by atoms with Gasteiger partial charge in [0.25, 0.3) is 0 Å². The molecule has 1 aliphatic carbocycles. The normalized spacial score (nSPS) is 18.8. The Kier molecular flexibility index (Phi) is 8.23. The van der Waals surface area contributed by atoms with E-state index in [9.17, 15) is 23.9 Å². The predicted molar refractivity (Wildman–Crippen MR) is 149 cm³/mol. The van der Waals surface area contributed by atoms with Gasteiger partial charge < -0.3 is 28.8 Å². The maximum Gasteiger partial charge on any atom is 0.410 e. The van der Waals surface area contributed by atoms with Crippen molar-refractivity contribution in [2.45, 2.75) is 64.3 Å². The molecule has 9 nitrogen and oxygen atoms in total. The Morgan fingerprint density at radius 3 is 2.48 bits per heavy atom. The standard InChI is InChI=1S/C31H34F2N2O7/c1-31(2,3)42-30(39)35-13-19(15-36)11-21(35)17-40-28-25(33)24(32)12-22-26(28)34(20-9-10-20)14-23(27(22)37)29(38)41-16-18-7-5-4-6-8-18/h4-8,12,14,19-21,36H,9-11,13,15-17H2,1-3H3/t19-,21-/m0/s1. The first kappa shape index (κ1) is 29.5. The summed E-state index contributed by atoms with van der Waals surface area (Å²) in [7, 11) is 0. The summed E-state index contributed by atoms with van der Waals surface area (Å²) in [6.45, 7) is 4.94. The van der Waals surface area contributed by atoms with Crippen LogP contribution in [0.4, 0.5) is 13.6 Å². The van der Waals surface area contributed by atoms with Gasteiger partial charge in [0.05, 0.1) is 16.9 Å². The zero-order valence-electron chi connectivity index (χ0n) is 23.8. The highest BCUT2D eigenvalue weighted by atomic mass is 19.2. The quantitative estimate of drug-likeness (QED) is 0.373. The van der Waals surface area contributed by atoms with E-state index < -0.39 is 46.5 Å². The van der Waals surface area contributed by atoms with Crippen LogP contribution in [-0.4, -0.2) is 58.0 Å². The molecular formula is C31H34F2N2O7. The van der Waals surface area contributed by atoms with Crippen LogP contribution in [0.2, 0.25) is 0 Å². The summed E-state index contributed by atoms with van der Waals surface area (Å²) >= 11 is 0. The molecule has 1 aliphatic heterocycles. The van der Waals surface area contributed by atoms with Gasteiger partial charge in [0.2, 0.25) is 11.2 Å². The van der Waals surface area contributed by atoms with E-state index in [-0.39, 0.29) is 54.8 Å². The highest BCUT2D eigenvalue weighted by Crippen LogP contribution is 2.41. The number of carbonyl (C=O) groups excluding carboxylic acids is 2. The number of nitrogens with zero attached hydrogens (tertiary/aromatic N) is 2. The Morgan fingerprint density at radius 1 is 1.12 bits per heavy atom. The van der Waals surface area contributed by atoms with Crippen LogP contribution in [0.1, 0.15) is 62.0 Å². The van der Waals surface area contributed by atoms with Crippen LogP contribution in [-0.2, 0) is 16.1 Å². The fraction of sp³-hybridized carbons (Fsp3) is 0.452. The molecule has 3 aromatic rings. The number of esters is 1. The van der Waals surface area contributed by atoms with Gasteiger partial charge in [-0.3, -0.25) is 4.79 Å². The number of aliphatic hydroxyl groups is 1. The molecule has 2 heterocycles. The monoisotopic (exact) mass is 584 g/mol. The number of hydrogen-bond acceptors (Lipinski definition) is 7. The lowest BCUT2D eigenvalue weighted by atomic mass is 10.1. The fourth-order valence-electron chi connectivity index (χ4n) is 5.18. The molecule has 0 bridgehead atoms. The summed E-state index contributed by atoms with van der Waals surface area (Å²) in [6, 6.07) is 8.98. The van der Waals surface area contributed by atoms with Crippen molar-refractivity contribution in [3.05, 3.63) is 75.6 Å². The van der Waals surface area contributed by atoms with Gasteiger partial charge in [0.15, 0.2) is 11.6 Å². The number of benzene rings is 2. The van der Waals surface area contributed by atoms with Crippen molar-refractivity contribution in [1.29, 1.82) is 0 Å². The van der Waals surface area contributed by atoms with E-state index >= 15 is 4.39 Å². The van der Waals surface area contributed by atoms with Gasteiger partial charge in [-0.2, -0.15) is 4.39 Å². The van der Waals surface area contributed by atoms with Gasteiger partial charge in [0.1, 0.15) is 24.4 Å². The molecule has 2 fully saturated rings. The number of rotatable bonds is 8. The molecule has 42 heavy (non-hydrogen) atoms. The lowest BCUT2D eigenvalue weighted by Crippen LogP contribution is -2.42. The Balaban J connectivity index is 1.48. The number of aromatic nitrogens is 1. The van der Waals surface area contributed by atoms with E-state index in [4.69, 9.17) is 14.2 Å². The Bertz CT molecular complexity index is 1550. The largest absolute Gasteiger partial charge is 0.486 e. The van der Waals surface area contributed by atoms with Crippen LogP contribution < -0.4 is 10.2 Å². The van der Waals surface area contributed by atoms with Gasteiger partial charge in [0, 0.05) is 31.3 Å². The van der Waals surface area contributed by atoms with Crippen molar-refractivity contribution in [3.8, 4) is 5.75 Å². The zero-order valence-corrected chi connectivity index (χ0v) is 23.8. The van der Waals surface area contributed by atoms with E-state index in [1.54, 1.807) is 49.6 Å². The highest BCUT2D eigenvalue weighted by molar-refractivity contribution is 5.95. The van der Waals surface area contributed by atoms with E-state index in [0.29, 0.717) is 19.3 Å². The number of likely N-dealkylation sites (tertiary alicyclic amines) is 1. The summed E-state index contributed by atoms with van der Waals surface area (Å²) in [5.74, 6) is -4.18. The van der Waals surface area contributed by atoms with Crippen molar-refractivity contribution in [1.82, 2.24) is 9.47 Å². The number of carbonyl (C=O) groups is 2. The molecule has 11 heteroatoms. The average molecular weight is 585 g/mol. The van der Waals surface area contributed by atoms with Crippen LogP contribution in [0.5, 0.6) is 5.75 Å². The molecule has 2 aliphatic rings. The Labute approximate surface area is 241 Å². The lowest BCUT2D eigenvalue weighted by molar-refractivity contribution is 0.0180. The molecule has 5 rings (SSSR count). The van der Waals surface area contributed by atoms with Gasteiger partial charge in [-0.05, 0) is 51.7 Å². The van der Waals surface area contributed by atoms with Gasteiger partial charge in [-0.25, -0.2) is 14.0 Å². The number of fused-ring (bicyclic) bond motifs is 1. The molecule has 1 saturated heterocycles. The van der Waals surface area contributed by atoms with E-state index in [1.807, 2.05) is 6.07 Å². The Morgan fingerprint density at radius 2 is 1.83 bits per heavy atom. The SMILES string of the molecule is CC(C)(C)OC(=O)N1C[C@@H](CO)C[C@H]1COc1c(F)c(F)cc2c(=O)c(C(=O)OCc3ccccc3)cn(C3CC3)c12. The summed E-state index contributed by atoms with van der Waals surface area (Å²) in [6.07, 6.45) is 2.50. The summed E-state index contributed by atoms with van der Waals surface area (Å²) < 4.78 is 48.6. The summed E-state index contributed by atoms with van der Waals surface area (Å²) in [5.41, 5.74) is -1.10. The highest BCUT2D eigenvalue weighted by Gasteiger charge is 2.38. The fourth-order valence-corrected chi connectivity index (χ4v) is 5.18. The smallest absolute Gasteiger partial charge is 0.410 e. The molecule has 224 valence electrons. The molecule has 1 aromatic heterocycles. The average Bonchev–Trinajstić information content (AvgIpc) is 3.71. The first-order chi connectivity index (χ1) is 20.0. The number of aliphatic hydroxyl groups excluding tert-OH is 1. The summed E-state index contributed by atoms with van der Waals surface area (Å²) in [4.78, 5) is 40.7. The number of hydrogen-bond donors (Lipinski definition) is 1. The zero-order chi connectivity index (χ0) is 30.2. The topological polar surface area (TPSA) is 107 Å². The lowest BCUT2D eigenvalue weighted by Gasteiger charge is -2.28. The van der Waals surface area contributed by atoms with Crippen molar-refractivity contribution < 1.29 is 37.7 Å². The van der Waals surface area contributed by atoms with Crippen molar-refractivity contribution in [3.63, 3.8) is 0 Å². The Hall–Kier alpha value is -3.99. The number of halogens is 2. The second-order valence-electron chi connectivity index (χ2n) is 11.9. The first-order valence-electron chi connectivity index (χ1n) is 14.0. The van der Waals surface area contributed by atoms with E-state index in [2.05, 4.69) is 0 Å². The third-order valence-corrected chi connectivity index (χ3v) is 7.35. The van der Waals surface area contributed by atoms with E-state index in [0.717, 1.165) is 11.6 Å². The first-order valence-corrected chi connectivity index (χ1v) is 14.0. The third kappa shape index (κ3) is 6.25. The molecule has 1 N–H and O–H groups in total. The van der Waals surface area contributed by atoms with Crippen LogP contribution in [0.25, 0.3) is 10.9 Å². The molecule has 1 amide bonds. The predicted octanol–water partition coefficient (Wildman–Crippen LogP) is 4.97. The minimum Gasteiger partial charge on any atom is -0.486 e. The maximum absolute atomic E-state index is 15.3. The van der Waals surface area contributed by atoms with Gasteiger partial charge in [-0.1, -0.05) is 30.3 Å². The van der Waals surface area contributed by atoms with Gasteiger partial charge >= 0.3 is 12.1 Å². The van der Waals surface area contributed by atoms with Crippen LogP contribution >= 0.6 is 0 Å². The number of amides is 1. The van der Waals surface area contributed by atoms with Crippen LogP contribution in [0.15, 0.2) is 47.4 Å². The molecule has 0 unspecified atom stereocenters. The minimum atomic E-state index is -1.31. The minimum absolute atomic E-state index is 0.0292. The summed E-state index contributed by atoms with van der Waals surface area (Å²) in [5, 5.41) is 9.51. The third-order valence-electron chi connectivity index (χ3n) is 7.35. The second kappa shape index (κ2) is 11.7. The maximum atomic E-state index is 15.3. The van der Waals surface area contributed by atoms with Crippen molar-refractivity contribution in [2.75, 3.05) is 19.8 Å². The number of ether oxygens (including phenoxy) is 3. The molecule has 2 aromatic carbocycles. The number of pyridine rings is 1. The van der Waals surface area contributed by atoms with Crippen LogP contribution in [0.3, 0.4) is 0 Å². The van der Waals surface area contributed by atoms with Crippen molar-refractivity contribution in [2.24, 2.45) is 5.92 Å². The van der Waals surface area contributed by atoms with E-state index in [1.165, 1.54) is 11.1 Å². The molecule has 2 atom stereocenters. The van der Waals surface area contributed by atoms with Crippen molar-refractivity contribution >= 4 is 23.0 Å². The molecule has 1 saturated carbocycles. The molecular weight excluding hydrogens is 550 g/mol. The molecule has 0 spiro atoms. The molecule has 0 radical (unpaired) electrons. The second-order valence-corrected chi connectivity index (χ2v) is 11.9. The van der Waals surface area contributed by atoms with Crippen LogP contribution in [0, 0.1) is 17.6 Å². The van der Waals surface area contributed by atoms with Gasteiger partial charge in [-0.15, -0.1) is 0 Å².